The highest BCUT2D eigenvalue weighted by Crippen LogP contribution is 2.28. The lowest BCUT2D eigenvalue weighted by atomic mass is 10.1. The van der Waals surface area contributed by atoms with Crippen molar-refractivity contribution in [3.05, 3.63) is 48.2 Å². The minimum absolute atomic E-state index is 0.0135. The standard InChI is InChI=1S/C16H18N4O/c1-19(2)13-6-4-12(5-7-13)15-16(17)20-9-11(10-21)3-8-14(20)18-15/h3-9,21H,10,17H2,1-2H3. The van der Waals surface area contributed by atoms with Crippen molar-refractivity contribution in [3.63, 3.8) is 0 Å². The molecule has 3 aromatic rings. The van der Waals surface area contributed by atoms with Crippen molar-refractivity contribution < 1.29 is 5.11 Å². The highest BCUT2D eigenvalue weighted by Gasteiger charge is 2.11. The minimum Gasteiger partial charge on any atom is -0.392 e. The summed E-state index contributed by atoms with van der Waals surface area (Å²) in [7, 11) is 4.01. The zero-order chi connectivity index (χ0) is 15.0. The molecule has 0 bridgehead atoms. The maximum atomic E-state index is 9.22. The van der Waals surface area contributed by atoms with E-state index >= 15 is 0 Å². The molecule has 0 atom stereocenters. The second kappa shape index (κ2) is 5.10. The number of nitrogens with zero attached hydrogens (tertiary/aromatic N) is 3. The van der Waals surface area contributed by atoms with Gasteiger partial charge in [-0.15, -0.1) is 0 Å². The van der Waals surface area contributed by atoms with Crippen LogP contribution in [0, 0.1) is 0 Å². The molecule has 1 aromatic carbocycles. The Bertz CT molecular complexity index is 775. The Labute approximate surface area is 123 Å². The summed E-state index contributed by atoms with van der Waals surface area (Å²) < 4.78 is 1.81. The zero-order valence-corrected chi connectivity index (χ0v) is 12.1. The van der Waals surface area contributed by atoms with Gasteiger partial charge in [0.2, 0.25) is 0 Å². The van der Waals surface area contributed by atoms with Gasteiger partial charge in [0.15, 0.2) is 0 Å². The molecule has 5 nitrogen and oxygen atoms in total. The van der Waals surface area contributed by atoms with Gasteiger partial charge in [0.05, 0.1) is 6.61 Å². The largest absolute Gasteiger partial charge is 0.392 e. The van der Waals surface area contributed by atoms with Crippen molar-refractivity contribution in [1.29, 1.82) is 0 Å². The fourth-order valence-electron chi connectivity index (χ4n) is 2.33. The van der Waals surface area contributed by atoms with E-state index in [1.807, 2.05) is 61.6 Å². The molecular weight excluding hydrogens is 264 g/mol. The quantitative estimate of drug-likeness (QED) is 0.772. The van der Waals surface area contributed by atoms with Crippen molar-refractivity contribution >= 4 is 17.2 Å². The zero-order valence-electron chi connectivity index (χ0n) is 12.1. The monoisotopic (exact) mass is 282 g/mol. The average molecular weight is 282 g/mol. The van der Waals surface area contributed by atoms with Gasteiger partial charge in [0.25, 0.3) is 0 Å². The van der Waals surface area contributed by atoms with Crippen LogP contribution < -0.4 is 10.6 Å². The lowest BCUT2D eigenvalue weighted by Gasteiger charge is -2.12. The van der Waals surface area contributed by atoms with E-state index in [2.05, 4.69) is 4.98 Å². The number of imidazole rings is 1. The summed E-state index contributed by atoms with van der Waals surface area (Å²) in [6.07, 6.45) is 1.81. The van der Waals surface area contributed by atoms with Gasteiger partial charge in [-0.25, -0.2) is 4.98 Å². The number of pyridine rings is 1. The summed E-state index contributed by atoms with van der Waals surface area (Å²) in [4.78, 5) is 6.62. The maximum Gasteiger partial charge on any atom is 0.139 e. The van der Waals surface area contributed by atoms with Crippen molar-refractivity contribution in [2.75, 3.05) is 24.7 Å². The Hall–Kier alpha value is -2.53. The smallest absolute Gasteiger partial charge is 0.139 e. The minimum atomic E-state index is -0.0135. The Balaban J connectivity index is 2.09. The number of benzene rings is 1. The van der Waals surface area contributed by atoms with Gasteiger partial charge in [-0.3, -0.25) is 4.40 Å². The number of aromatic nitrogens is 2. The van der Waals surface area contributed by atoms with Crippen LogP contribution in [0.2, 0.25) is 0 Å². The molecule has 0 saturated heterocycles. The molecule has 5 heteroatoms. The molecule has 2 heterocycles. The third-order valence-corrected chi connectivity index (χ3v) is 3.56. The Morgan fingerprint density at radius 1 is 1.14 bits per heavy atom. The highest BCUT2D eigenvalue weighted by atomic mass is 16.3. The molecule has 0 radical (unpaired) electrons. The summed E-state index contributed by atoms with van der Waals surface area (Å²) in [5.74, 6) is 0.581. The molecule has 0 aliphatic heterocycles. The number of hydrogen-bond donors (Lipinski definition) is 2. The first-order valence-electron chi connectivity index (χ1n) is 6.75. The maximum absolute atomic E-state index is 9.22. The van der Waals surface area contributed by atoms with Crippen LogP contribution in [0.1, 0.15) is 5.56 Å². The van der Waals surface area contributed by atoms with Crippen LogP contribution in [0.5, 0.6) is 0 Å². The summed E-state index contributed by atoms with van der Waals surface area (Å²) in [5.41, 5.74) is 10.6. The van der Waals surface area contributed by atoms with Crippen molar-refractivity contribution in [2.24, 2.45) is 0 Å². The number of rotatable bonds is 3. The normalized spacial score (nSPS) is 11.0. The molecule has 0 aliphatic carbocycles. The van der Waals surface area contributed by atoms with Gasteiger partial charge < -0.3 is 15.7 Å². The fourth-order valence-corrected chi connectivity index (χ4v) is 2.33. The molecule has 0 saturated carbocycles. The lowest BCUT2D eigenvalue weighted by molar-refractivity contribution is 0.281. The Kier molecular flexibility index (Phi) is 3.27. The molecule has 0 aliphatic rings. The topological polar surface area (TPSA) is 66.8 Å². The summed E-state index contributed by atoms with van der Waals surface area (Å²) in [5, 5.41) is 9.22. The molecular formula is C16H18N4O. The van der Waals surface area contributed by atoms with E-state index in [0.717, 1.165) is 28.2 Å². The van der Waals surface area contributed by atoms with Crippen molar-refractivity contribution in [3.8, 4) is 11.3 Å². The summed E-state index contributed by atoms with van der Waals surface area (Å²) in [6, 6.07) is 11.8. The first-order valence-corrected chi connectivity index (χ1v) is 6.75. The van der Waals surface area contributed by atoms with E-state index in [1.54, 1.807) is 4.40 Å². The van der Waals surface area contributed by atoms with Crippen LogP contribution in [-0.2, 0) is 6.61 Å². The van der Waals surface area contributed by atoms with Crippen molar-refractivity contribution in [2.45, 2.75) is 6.61 Å². The molecule has 0 spiro atoms. The third kappa shape index (κ3) is 2.32. The third-order valence-electron chi connectivity index (χ3n) is 3.56. The fraction of sp³-hybridized carbons (Fsp3) is 0.188. The van der Waals surface area contributed by atoms with E-state index in [-0.39, 0.29) is 6.61 Å². The molecule has 0 amide bonds. The number of nitrogens with two attached hydrogens (primary N) is 1. The summed E-state index contributed by atoms with van der Waals surface area (Å²) in [6.45, 7) is -0.0135. The van der Waals surface area contributed by atoms with Gasteiger partial charge in [-0.1, -0.05) is 18.2 Å². The molecule has 0 unspecified atom stereocenters. The van der Waals surface area contributed by atoms with Gasteiger partial charge in [-0.05, 0) is 23.8 Å². The number of anilines is 2. The SMILES string of the molecule is CN(C)c1ccc(-c2nc3ccc(CO)cn3c2N)cc1. The molecule has 2 aromatic heterocycles. The van der Waals surface area contributed by atoms with Gasteiger partial charge in [-0.2, -0.15) is 0 Å². The number of hydrogen-bond acceptors (Lipinski definition) is 4. The van der Waals surface area contributed by atoms with Gasteiger partial charge in [0, 0.05) is 31.5 Å². The first kappa shape index (κ1) is 13.5. The second-order valence-electron chi connectivity index (χ2n) is 5.21. The van der Waals surface area contributed by atoms with Crippen molar-refractivity contribution in [1.82, 2.24) is 9.38 Å². The van der Waals surface area contributed by atoms with E-state index in [9.17, 15) is 5.11 Å². The second-order valence-corrected chi connectivity index (χ2v) is 5.21. The lowest BCUT2D eigenvalue weighted by Crippen LogP contribution is -2.07. The van der Waals surface area contributed by atoms with E-state index in [0.29, 0.717) is 5.82 Å². The molecule has 0 fully saturated rings. The van der Waals surface area contributed by atoms with Crippen LogP contribution in [0.25, 0.3) is 16.9 Å². The van der Waals surface area contributed by atoms with Crippen LogP contribution in [0.3, 0.4) is 0 Å². The van der Waals surface area contributed by atoms with Gasteiger partial charge in [0.1, 0.15) is 17.2 Å². The molecule has 108 valence electrons. The number of aliphatic hydroxyl groups excluding tert-OH is 1. The van der Waals surface area contributed by atoms with E-state index < -0.39 is 0 Å². The average Bonchev–Trinajstić information content (AvgIpc) is 2.84. The summed E-state index contributed by atoms with van der Waals surface area (Å²) >= 11 is 0. The predicted molar refractivity (Wildman–Crippen MR) is 85.3 cm³/mol. The predicted octanol–water partition coefficient (Wildman–Crippen LogP) is 2.14. The molecule has 3 rings (SSSR count). The number of aliphatic hydroxyl groups is 1. The number of nitrogen functional groups attached to an aromatic ring is 1. The van der Waals surface area contributed by atoms with Crippen LogP contribution in [0.4, 0.5) is 11.5 Å². The first-order chi connectivity index (χ1) is 10.1. The molecule has 3 N–H and O–H groups in total. The Morgan fingerprint density at radius 2 is 1.86 bits per heavy atom. The van der Waals surface area contributed by atoms with Gasteiger partial charge >= 0.3 is 0 Å². The Morgan fingerprint density at radius 3 is 2.48 bits per heavy atom. The molecule has 21 heavy (non-hydrogen) atoms. The van der Waals surface area contributed by atoms with Crippen LogP contribution >= 0.6 is 0 Å². The van der Waals surface area contributed by atoms with E-state index in [4.69, 9.17) is 5.73 Å². The van der Waals surface area contributed by atoms with Crippen LogP contribution in [-0.4, -0.2) is 28.6 Å². The highest BCUT2D eigenvalue weighted by molar-refractivity contribution is 5.76. The van der Waals surface area contributed by atoms with Crippen LogP contribution in [0.15, 0.2) is 42.6 Å². The number of fused-ring (bicyclic) bond motifs is 1. The van der Waals surface area contributed by atoms with E-state index in [1.165, 1.54) is 0 Å².